The molecule has 0 amide bonds. The molecule has 0 aromatic rings. The van der Waals surface area contributed by atoms with Gasteiger partial charge in [-0.3, -0.25) is 0 Å². The maximum absolute atomic E-state index is 9.42. The van der Waals surface area contributed by atoms with E-state index in [1.165, 1.54) is 20.8 Å². The van der Waals surface area contributed by atoms with Crippen molar-refractivity contribution in [2.45, 2.75) is 51.7 Å². The van der Waals surface area contributed by atoms with Crippen LogP contribution in [-0.2, 0) is 0 Å². The Labute approximate surface area is 83.0 Å². The van der Waals surface area contributed by atoms with Gasteiger partial charge in [-0.25, -0.2) is 4.90 Å². The van der Waals surface area contributed by atoms with Crippen LogP contribution in [0.5, 0.6) is 0 Å². The molecule has 6 heteroatoms. The highest BCUT2D eigenvalue weighted by molar-refractivity contribution is 4.73. The van der Waals surface area contributed by atoms with E-state index < -0.39 is 30.9 Å². The zero-order valence-corrected chi connectivity index (χ0v) is 8.57. The van der Waals surface area contributed by atoms with Crippen LogP contribution in [0.1, 0.15) is 20.8 Å². The molecule has 0 aliphatic rings. The smallest absolute Gasteiger partial charge is 0.137 e. The molecule has 0 fully saturated rings. The van der Waals surface area contributed by atoms with Crippen LogP contribution in [0.25, 0.3) is 0 Å². The third-order valence-electron chi connectivity index (χ3n) is 1.91. The van der Waals surface area contributed by atoms with E-state index in [1.54, 1.807) is 0 Å². The molecule has 0 bridgehead atoms. The van der Waals surface area contributed by atoms with Crippen LogP contribution in [0.15, 0.2) is 0 Å². The van der Waals surface area contributed by atoms with E-state index in [2.05, 4.69) is 0 Å². The second-order valence-corrected chi connectivity index (χ2v) is 3.39. The lowest BCUT2D eigenvalue weighted by atomic mass is 10.2. The van der Waals surface area contributed by atoms with Crippen molar-refractivity contribution in [2.75, 3.05) is 0 Å². The minimum absolute atomic E-state index is 0.815. The number of hydrogen-bond acceptors (Lipinski definition) is 6. The van der Waals surface area contributed by atoms with Gasteiger partial charge >= 0.3 is 0 Å². The third kappa shape index (κ3) is 3.49. The molecule has 0 radical (unpaired) electrons. The Morgan fingerprint density at radius 3 is 1.14 bits per heavy atom. The molecule has 0 rings (SSSR count). The molecule has 0 spiro atoms. The fourth-order valence-electron chi connectivity index (χ4n) is 1.10. The van der Waals surface area contributed by atoms with Crippen LogP contribution in [0.2, 0.25) is 0 Å². The molecule has 6 nitrogen and oxygen atoms in total. The van der Waals surface area contributed by atoms with Crippen molar-refractivity contribution in [3.63, 3.8) is 0 Å². The second-order valence-electron chi connectivity index (χ2n) is 3.39. The Balaban J connectivity index is 4.59. The molecular weight excluding hydrogens is 190 g/mol. The molecule has 14 heavy (non-hydrogen) atoms. The highest BCUT2D eigenvalue weighted by Crippen LogP contribution is 2.12. The summed E-state index contributed by atoms with van der Waals surface area (Å²) in [6.07, 6.45) is -6.32. The van der Waals surface area contributed by atoms with Gasteiger partial charge in [0.05, 0.1) is 12.2 Å². The summed E-state index contributed by atoms with van der Waals surface area (Å²) in [5, 5.41) is 46.2. The molecule has 0 aromatic heterocycles. The fraction of sp³-hybridized carbons (Fsp3) is 1.00. The van der Waals surface area contributed by atoms with Gasteiger partial charge < -0.3 is 25.5 Å². The molecule has 5 atom stereocenters. The van der Waals surface area contributed by atoms with Crippen molar-refractivity contribution in [2.24, 2.45) is 0 Å². The minimum Gasteiger partial charge on any atom is -0.389 e. The van der Waals surface area contributed by atoms with E-state index in [0.717, 1.165) is 4.90 Å². The van der Waals surface area contributed by atoms with Crippen molar-refractivity contribution < 1.29 is 25.5 Å². The molecule has 0 saturated carbocycles. The first-order chi connectivity index (χ1) is 6.29. The van der Waals surface area contributed by atoms with E-state index in [0.29, 0.717) is 0 Å². The maximum Gasteiger partial charge on any atom is 0.137 e. The normalized spacial score (nSPS) is 22.9. The van der Waals surface area contributed by atoms with Gasteiger partial charge in [-0.1, -0.05) is 0 Å². The molecule has 5 N–H and O–H groups in total. The lowest BCUT2D eigenvalue weighted by Gasteiger charge is -2.36. The Hall–Kier alpha value is -0.240. The first-order valence-electron chi connectivity index (χ1n) is 4.46. The first kappa shape index (κ1) is 13.8. The van der Waals surface area contributed by atoms with Crippen molar-refractivity contribution in [3.05, 3.63) is 0 Å². The van der Waals surface area contributed by atoms with E-state index in [1.807, 2.05) is 0 Å². The van der Waals surface area contributed by atoms with Gasteiger partial charge in [-0.2, -0.15) is 0 Å². The molecule has 5 unspecified atom stereocenters. The molecule has 86 valence electrons. The SMILES string of the molecule is CC(O)C(O)N(C(C)O)C(O)C(C)O. The number of aliphatic hydroxyl groups excluding tert-OH is 5. The number of hydrogen-bond donors (Lipinski definition) is 5. The fourth-order valence-corrected chi connectivity index (χ4v) is 1.10. The Kier molecular flexibility index (Phi) is 5.50. The molecule has 0 aliphatic carbocycles. The highest BCUT2D eigenvalue weighted by Gasteiger charge is 2.32. The summed E-state index contributed by atoms with van der Waals surface area (Å²) in [6.45, 7) is 3.95. The summed E-state index contributed by atoms with van der Waals surface area (Å²) in [4.78, 5) is 0.815. The Morgan fingerprint density at radius 1 is 0.714 bits per heavy atom. The monoisotopic (exact) mass is 209 g/mol. The molecule has 0 aromatic carbocycles. The van der Waals surface area contributed by atoms with Gasteiger partial charge in [-0.05, 0) is 20.8 Å². The quantitative estimate of drug-likeness (QED) is 0.336. The minimum atomic E-state index is -1.43. The van der Waals surface area contributed by atoms with E-state index in [-0.39, 0.29) is 0 Å². The van der Waals surface area contributed by atoms with E-state index in [4.69, 9.17) is 10.2 Å². The summed E-state index contributed by atoms with van der Waals surface area (Å²) in [6, 6.07) is 0. The van der Waals surface area contributed by atoms with E-state index >= 15 is 0 Å². The van der Waals surface area contributed by atoms with Gasteiger partial charge in [0.1, 0.15) is 18.7 Å². The summed E-state index contributed by atoms with van der Waals surface area (Å²) in [5.41, 5.74) is 0. The lowest BCUT2D eigenvalue weighted by molar-refractivity contribution is -0.220. The molecule has 0 heterocycles. The van der Waals surface area contributed by atoms with Crippen LogP contribution in [0.3, 0.4) is 0 Å². The Morgan fingerprint density at radius 2 is 1.00 bits per heavy atom. The van der Waals surface area contributed by atoms with Crippen LogP contribution in [0.4, 0.5) is 0 Å². The number of aliphatic hydroxyl groups is 5. The van der Waals surface area contributed by atoms with Crippen LogP contribution in [-0.4, -0.2) is 61.3 Å². The lowest BCUT2D eigenvalue weighted by Crippen LogP contribution is -2.55. The third-order valence-corrected chi connectivity index (χ3v) is 1.91. The van der Waals surface area contributed by atoms with Crippen LogP contribution >= 0.6 is 0 Å². The standard InChI is InChI=1S/C8H19NO5/c1-4(10)7(13)9(6(3)12)8(14)5(2)11/h4-8,10-14H,1-3H3. The summed E-state index contributed by atoms with van der Waals surface area (Å²) in [7, 11) is 0. The maximum atomic E-state index is 9.42. The van der Waals surface area contributed by atoms with Gasteiger partial charge in [0.25, 0.3) is 0 Å². The molecule has 0 aliphatic heterocycles. The number of nitrogens with zero attached hydrogens (tertiary/aromatic N) is 1. The van der Waals surface area contributed by atoms with Gasteiger partial charge in [0, 0.05) is 0 Å². The summed E-state index contributed by atoms with van der Waals surface area (Å²) in [5.74, 6) is 0. The van der Waals surface area contributed by atoms with Crippen molar-refractivity contribution >= 4 is 0 Å². The Bertz CT molecular complexity index is 148. The first-order valence-corrected chi connectivity index (χ1v) is 4.46. The molecule has 0 saturated heterocycles. The topological polar surface area (TPSA) is 104 Å². The predicted molar refractivity (Wildman–Crippen MR) is 48.9 cm³/mol. The summed E-state index contributed by atoms with van der Waals surface area (Å²) < 4.78 is 0. The van der Waals surface area contributed by atoms with Crippen molar-refractivity contribution in [1.29, 1.82) is 0 Å². The van der Waals surface area contributed by atoms with E-state index in [9.17, 15) is 15.3 Å². The van der Waals surface area contributed by atoms with Crippen molar-refractivity contribution in [3.8, 4) is 0 Å². The molecular formula is C8H19NO5. The highest BCUT2D eigenvalue weighted by atomic mass is 16.4. The average molecular weight is 209 g/mol. The van der Waals surface area contributed by atoms with Crippen LogP contribution < -0.4 is 0 Å². The van der Waals surface area contributed by atoms with Gasteiger partial charge in [0.2, 0.25) is 0 Å². The summed E-state index contributed by atoms with van der Waals surface area (Å²) >= 11 is 0. The largest absolute Gasteiger partial charge is 0.389 e. The van der Waals surface area contributed by atoms with Gasteiger partial charge in [-0.15, -0.1) is 0 Å². The average Bonchev–Trinajstić information content (AvgIpc) is 2.03. The predicted octanol–water partition coefficient (Wildman–Crippen LogP) is -1.97. The van der Waals surface area contributed by atoms with Crippen LogP contribution in [0, 0.1) is 0 Å². The second kappa shape index (κ2) is 5.59. The van der Waals surface area contributed by atoms with Gasteiger partial charge in [0.15, 0.2) is 0 Å². The van der Waals surface area contributed by atoms with Crippen molar-refractivity contribution in [1.82, 2.24) is 4.90 Å². The zero-order chi connectivity index (χ0) is 11.5. The zero-order valence-electron chi connectivity index (χ0n) is 8.57. The number of rotatable bonds is 5.